The van der Waals surface area contributed by atoms with Crippen molar-refractivity contribution < 1.29 is 19.1 Å². The number of anilines is 1. The van der Waals surface area contributed by atoms with Gasteiger partial charge in [0.25, 0.3) is 5.91 Å². The molecule has 0 radical (unpaired) electrons. The van der Waals surface area contributed by atoms with Crippen LogP contribution in [-0.2, 0) is 20.7 Å². The Kier molecular flexibility index (Phi) is 6.95. The minimum absolute atomic E-state index is 0.0914. The zero-order valence-electron chi connectivity index (χ0n) is 14.2. The Bertz CT molecular complexity index is 753. The molecule has 134 valence electrons. The molecule has 2 rings (SSSR count). The van der Waals surface area contributed by atoms with E-state index >= 15 is 0 Å². The molecule has 0 atom stereocenters. The number of rotatable bonds is 7. The number of hydrogen-bond acceptors (Lipinski definition) is 6. The summed E-state index contributed by atoms with van der Waals surface area (Å²) in [5.41, 5.74) is 2.65. The highest BCUT2D eigenvalue weighted by Crippen LogP contribution is 2.26. The second-order valence-corrected chi connectivity index (χ2v) is 6.98. The second kappa shape index (κ2) is 8.96. The number of hydrogen-bond donors (Lipinski definition) is 1. The molecular weight excluding hydrogens is 408 g/mol. The molecule has 0 unspecified atom stereocenters. The maximum absolute atomic E-state index is 12.0. The Morgan fingerprint density at radius 1 is 1.28 bits per heavy atom. The summed E-state index contributed by atoms with van der Waals surface area (Å²) >= 11 is 4.75. The van der Waals surface area contributed by atoms with Crippen molar-refractivity contribution in [2.24, 2.45) is 0 Å². The van der Waals surface area contributed by atoms with E-state index in [1.54, 1.807) is 12.3 Å². The fraction of sp³-hybridized carbons (Fsp3) is 0.353. The Balaban J connectivity index is 1.86. The fourth-order valence-electron chi connectivity index (χ4n) is 2.10. The zero-order valence-corrected chi connectivity index (χ0v) is 16.6. The lowest BCUT2D eigenvalue weighted by Crippen LogP contribution is -2.20. The highest BCUT2D eigenvalue weighted by molar-refractivity contribution is 9.10. The molecule has 25 heavy (non-hydrogen) atoms. The number of amides is 1. The van der Waals surface area contributed by atoms with Gasteiger partial charge in [0.15, 0.2) is 11.7 Å². The maximum atomic E-state index is 12.0. The quantitative estimate of drug-likeness (QED) is 0.683. The van der Waals surface area contributed by atoms with Gasteiger partial charge in [0.2, 0.25) is 0 Å². The Hall–Kier alpha value is -1.93. The number of benzene rings is 1. The zero-order chi connectivity index (χ0) is 18.4. The van der Waals surface area contributed by atoms with Crippen molar-refractivity contribution in [1.29, 1.82) is 0 Å². The normalized spacial score (nSPS) is 10.4. The van der Waals surface area contributed by atoms with Crippen molar-refractivity contribution in [3.63, 3.8) is 0 Å². The van der Waals surface area contributed by atoms with Gasteiger partial charge in [-0.25, -0.2) is 4.98 Å². The van der Waals surface area contributed by atoms with Gasteiger partial charge < -0.3 is 9.47 Å². The van der Waals surface area contributed by atoms with Gasteiger partial charge in [-0.2, -0.15) is 0 Å². The summed E-state index contributed by atoms with van der Waals surface area (Å²) in [5.74, 6) is -0.0132. The monoisotopic (exact) mass is 426 g/mol. The van der Waals surface area contributed by atoms with Gasteiger partial charge in [0.05, 0.1) is 18.7 Å². The summed E-state index contributed by atoms with van der Waals surface area (Å²) in [6.07, 6.45) is 0.0914. The van der Waals surface area contributed by atoms with Gasteiger partial charge in [0.1, 0.15) is 5.75 Å². The average molecular weight is 427 g/mol. The van der Waals surface area contributed by atoms with E-state index in [1.807, 2.05) is 26.0 Å². The average Bonchev–Trinajstić information content (AvgIpc) is 2.97. The molecule has 0 fully saturated rings. The maximum Gasteiger partial charge on any atom is 0.311 e. The van der Waals surface area contributed by atoms with Crippen LogP contribution in [0, 0.1) is 13.8 Å². The summed E-state index contributed by atoms with van der Waals surface area (Å²) in [6.45, 7) is 5.89. The lowest BCUT2D eigenvalue weighted by Gasteiger charge is -2.09. The first-order valence-electron chi connectivity index (χ1n) is 7.68. The summed E-state index contributed by atoms with van der Waals surface area (Å²) in [7, 11) is 0. The van der Waals surface area contributed by atoms with Gasteiger partial charge in [-0.05, 0) is 44.0 Å². The minimum Gasteiger partial charge on any atom is -0.484 e. The van der Waals surface area contributed by atoms with Crippen molar-refractivity contribution in [3.8, 4) is 5.75 Å². The van der Waals surface area contributed by atoms with Crippen LogP contribution >= 0.6 is 27.3 Å². The molecule has 2 aromatic rings. The van der Waals surface area contributed by atoms with Crippen molar-refractivity contribution in [3.05, 3.63) is 38.8 Å². The van der Waals surface area contributed by atoms with Gasteiger partial charge >= 0.3 is 5.97 Å². The highest BCUT2D eigenvalue weighted by atomic mass is 79.9. The molecule has 0 saturated heterocycles. The number of nitrogens with zero attached hydrogens (tertiary/aromatic N) is 1. The van der Waals surface area contributed by atoms with E-state index in [-0.39, 0.29) is 24.9 Å². The first-order valence-corrected chi connectivity index (χ1v) is 9.35. The number of carbonyl (C=O) groups is 2. The minimum atomic E-state index is -0.338. The van der Waals surface area contributed by atoms with E-state index in [1.165, 1.54) is 11.3 Å². The van der Waals surface area contributed by atoms with Crippen LogP contribution in [0.15, 0.2) is 22.0 Å². The fourth-order valence-corrected chi connectivity index (χ4v) is 3.05. The van der Waals surface area contributed by atoms with E-state index in [4.69, 9.17) is 9.47 Å². The summed E-state index contributed by atoms with van der Waals surface area (Å²) in [5, 5.41) is 4.80. The standard InChI is InChI=1S/C17H19BrN2O4S/c1-4-23-15(22)7-12-9-25-17(19-12)20-14(21)8-24-13-5-10(2)16(18)11(3)6-13/h5-6,9H,4,7-8H2,1-3H3,(H,19,20,21). The van der Waals surface area contributed by atoms with Gasteiger partial charge in [0, 0.05) is 9.85 Å². The number of aryl methyl sites for hydroxylation is 2. The van der Waals surface area contributed by atoms with Crippen molar-refractivity contribution >= 4 is 44.3 Å². The van der Waals surface area contributed by atoms with E-state index in [2.05, 4.69) is 26.2 Å². The first-order chi connectivity index (χ1) is 11.9. The SMILES string of the molecule is CCOC(=O)Cc1csc(NC(=O)COc2cc(C)c(Br)c(C)c2)n1. The lowest BCUT2D eigenvalue weighted by molar-refractivity contribution is -0.142. The van der Waals surface area contributed by atoms with Crippen LogP contribution in [-0.4, -0.2) is 30.1 Å². The number of nitrogens with one attached hydrogen (secondary N) is 1. The molecule has 1 N–H and O–H groups in total. The molecule has 0 aliphatic carbocycles. The van der Waals surface area contributed by atoms with Crippen molar-refractivity contribution in [2.75, 3.05) is 18.5 Å². The number of thiazole rings is 1. The molecule has 8 heteroatoms. The molecule has 1 aromatic heterocycles. The summed E-state index contributed by atoms with van der Waals surface area (Å²) in [4.78, 5) is 27.6. The smallest absolute Gasteiger partial charge is 0.311 e. The molecule has 0 aliphatic heterocycles. The molecule has 0 aliphatic rings. The van der Waals surface area contributed by atoms with Crippen LogP contribution in [0.3, 0.4) is 0 Å². The number of aromatic nitrogens is 1. The highest BCUT2D eigenvalue weighted by Gasteiger charge is 2.11. The van der Waals surface area contributed by atoms with Crippen molar-refractivity contribution in [1.82, 2.24) is 4.98 Å². The predicted octanol–water partition coefficient (Wildman–Crippen LogP) is 3.65. The Morgan fingerprint density at radius 2 is 1.96 bits per heavy atom. The molecule has 0 bridgehead atoms. The molecule has 0 saturated carbocycles. The number of carbonyl (C=O) groups excluding carboxylic acids is 2. The van der Waals surface area contributed by atoms with Gasteiger partial charge in [-0.15, -0.1) is 11.3 Å². The topological polar surface area (TPSA) is 77.5 Å². The first kappa shape index (κ1) is 19.4. The van der Waals surface area contributed by atoms with Crippen molar-refractivity contribution in [2.45, 2.75) is 27.2 Å². The van der Waals surface area contributed by atoms with E-state index < -0.39 is 0 Å². The third-order valence-electron chi connectivity index (χ3n) is 3.21. The Labute approximate surface area is 158 Å². The number of halogens is 1. The molecular formula is C17H19BrN2O4S. The van der Waals surface area contributed by atoms with Crippen LogP contribution in [0.1, 0.15) is 23.7 Å². The summed E-state index contributed by atoms with van der Waals surface area (Å²) in [6, 6.07) is 3.73. The van der Waals surface area contributed by atoms with Crippen LogP contribution in [0.25, 0.3) is 0 Å². The lowest BCUT2D eigenvalue weighted by atomic mass is 10.1. The van der Waals surface area contributed by atoms with Crippen LogP contribution in [0.2, 0.25) is 0 Å². The summed E-state index contributed by atoms with van der Waals surface area (Å²) < 4.78 is 11.4. The van der Waals surface area contributed by atoms with Gasteiger partial charge in [-0.3, -0.25) is 14.9 Å². The van der Waals surface area contributed by atoms with E-state index in [0.29, 0.717) is 23.2 Å². The predicted molar refractivity (Wildman–Crippen MR) is 100 cm³/mol. The number of esters is 1. The third-order valence-corrected chi connectivity index (χ3v) is 5.27. The van der Waals surface area contributed by atoms with E-state index in [9.17, 15) is 9.59 Å². The molecule has 6 nitrogen and oxygen atoms in total. The molecule has 1 amide bonds. The van der Waals surface area contributed by atoms with Crippen LogP contribution < -0.4 is 10.1 Å². The van der Waals surface area contributed by atoms with Crippen LogP contribution in [0.4, 0.5) is 5.13 Å². The number of ether oxygens (including phenoxy) is 2. The molecule has 1 aromatic carbocycles. The third kappa shape index (κ3) is 5.82. The van der Waals surface area contributed by atoms with E-state index in [0.717, 1.165) is 15.6 Å². The molecule has 1 heterocycles. The second-order valence-electron chi connectivity index (χ2n) is 5.33. The molecule has 0 spiro atoms. The largest absolute Gasteiger partial charge is 0.484 e. The van der Waals surface area contributed by atoms with Gasteiger partial charge in [-0.1, -0.05) is 15.9 Å². The Morgan fingerprint density at radius 3 is 2.60 bits per heavy atom. The van der Waals surface area contributed by atoms with Crippen LogP contribution in [0.5, 0.6) is 5.75 Å².